The fraction of sp³-hybridized carbons (Fsp3) is 0. The van der Waals surface area contributed by atoms with Gasteiger partial charge in [0.2, 0.25) is 0 Å². The zero-order chi connectivity index (χ0) is 20.4. The van der Waals surface area contributed by atoms with Gasteiger partial charge in [-0.1, -0.05) is 59.6 Å². The highest BCUT2D eigenvalue weighted by molar-refractivity contribution is 7.80. The molecule has 1 amide bonds. The summed E-state index contributed by atoms with van der Waals surface area (Å²) in [5.74, 6) is -0.443. The third-order valence-corrected chi connectivity index (χ3v) is 5.70. The van der Waals surface area contributed by atoms with Crippen LogP contribution in [0.3, 0.4) is 0 Å². The summed E-state index contributed by atoms with van der Waals surface area (Å²) in [5.41, 5.74) is 2.09. The first kappa shape index (κ1) is 19.8. The molecule has 0 aliphatic heterocycles. The SMILES string of the molecule is O=C(NC(=S)Nc1nc(-c2ccc3ccccc3c2)cs1)c1cc(Cl)ccc1Cl. The Morgan fingerprint density at radius 2 is 1.79 bits per heavy atom. The van der Waals surface area contributed by atoms with E-state index in [0.717, 1.165) is 16.6 Å². The van der Waals surface area contributed by atoms with Crippen LogP contribution in [-0.4, -0.2) is 16.0 Å². The first-order valence-electron chi connectivity index (χ1n) is 8.52. The average molecular weight is 458 g/mol. The van der Waals surface area contributed by atoms with E-state index in [9.17, 15) is 4.79 Å². The van der Waals surface area contributed by atoms with E-state index >= 15 is 0 Å². The molecular weight excluding hydrogens is 445 g/mol. The smallest absolute Gasteiger partial charge is 0.258 e. The highest BCUT2D eigenvalue weighted by atomic mass is 35.5. The molecule has 0 fully saturated rings. The standard InChI is InChI=1S/C21H13Cl2N3OS2/c22-15-7-8-17(23)16(10-15)19(27)25-20(28)26-21-24-18(11-29-21)14-6-5-12-3-1-2-4-13(12)9-14/h1-11H,(H2,24,25,26,27,28). The zero-order valence-corrected chi connectivity index (χ0v) is 17.9. The molecule has 0 atom stereocenters. The van der Waals surface area contributed by atoms with Gasteiger partial charge in [0.05, 0.1) is 16.3 Å². The van der Waals surface area contributed by atoms with Crippen LogP contribution in [0.15, 0.2) is 66.0 Å². The molecule has 0 spiro atoms. The highest BCUT2D eigenvalue weighted by Crippen LogP contribution is 2.28. The lowest BCUT2D eigenvalue weighted by Crippen LogP contribution is -2.34. The number of anilines is 1. The monoisotopic (exact) mass is 457 g/mol. The predicted molar refractivity (Wildman–Crippen MR) is 125 cm³/mol. The molecule has 8 heteroatoms. The summed E-state index contributed by atoms with van der Waals surface area (Å²) < 4.78 is 0. The van der Waals surface area contributed by atoms with Crippen molar-refractivity contribution in [2.45, 2.75) is 0 Å². The topological polar surface area (TPSA) is 54.0 Å². The van der Waals surface area contributed by atoms with Crippen molar-refractivity contribution < 1.29 is 4.79 Å². The summed E-state index contributed by atoms with van der Waals surface area (Å²) in [6, 6.07) is 19.0. The van der Waals surface area contributed by atoms with Gasteiger partial charge in [0.1, 0.15) is 0 Å². The molecule has 4 aromatic rings. The first-order valence-corrected chi connectivity index (χ1v) is 10.6. The van der Waals surface area contributed by atoms with Crippen molar-refractivity contribution in [3.05, 3.63) is 81.7 Å². The van der Waals surface area contributed by atoms with Crippen molar-refractivity contribution in [2.24, 2.45) is 0 Å². The largest absolute Gasteiger partial charge is 0.308 e. The number of hydrogen-bond acceptors (Lipinski definition) is 4. The minimum absolute atomic E-state index is 0.130. The van der Waals surface area contributed by atoms with Gasteiger partial charge in [-0.3, -0.25) is 10.1 Å². The molecule has 29 heavy (non-hydrogen) atoms. The number of carbonyl (C=O) groups excluding carboxylic acids is 1. The van der Waals surface area contributed by atoms with Gasteiger partial charge >= 0.3 is 0 Å². The van der Waals surface area contributed by atoms with Crippen LogP contribution in [-0.2, 0) is 0 Å². The molecule has 0 aliphatic rings. The predicted octanol–water partition coefficient (Wildman–Crippen LogP) is 6.40. The molecular formula is C21H13Cl2N3OS2. The third kappa shape index (κ3) is 4.57. The molecule has 3 aromatic carbocycles. The van der Waals surface area contributed by atoms with Crippen LogP contribution < -0.4 is 10.6 Å². The molecule has 0 saturated heterocycles. The Morgan fingerprint density at radius 3 is 2.62 bits per heavy atom. The molecule has 2 N–H and O–H groups in total. The lowest BCUT2D eigenvalue weighted by molar-refractivity contribution is 0.0978. The second-order valence-electron chi connectivity index (χ2n) is 6.13. The molecule has 4 nitrogen and oxygen atoms in total. The van der Waals surface area contributed by atoms with Gasteiger partial charge in [-0.2, -0.15) is 0 Å². The molecule has 0 radical (unpaired) electrons. The lowest BCUT2D eigenvalue weighted by atomic mass is 10.1. The zero-order valence-electron chi connectivity index (χ0n) is 14.8. The van der Waals surface area contributed by atoms with Gasteiger partial charge in [-0.15, -0.1) is 11.3 Å². The van der Waals surface area contributed by atoms with Crippen molar-refractivity contribution in [2.75, 3.05) is 5.32 Å². The van der Waals surface area contributed by atoms with Gasteiger partial charge in [-0.25, -0.2) is 4.98 Å². The minimum Gasteiger partial charge on any atom is -0.308 e. The quantitative estimate of drug-likeness (QED) is 0.349. The number of nitrogens with zero attached hydrogens (tertiary/aromatic N) is 1. The fourth-order valence-electron chi connectivity index (χ4n) is 2.78. The van der Waals surface area contributed by atoms with Gasteiger partial charge in [-0.05, 0) is 47.3 Å². The summed E-state index contributed by atoms with van der Waals surface area (Å²) in [5, 5.41) is 11.2. The van der Waals surface area contributed by atoms with Gasteiger partial charge in [0.25, 0.3) is 5.91 Å². The number of nitrogens with one attached hydrogen (secondary N) is 2. The van der Waals surface area contributed by atoms with Crippen molar-refractivity contribution in [1.29, 1.82) is 0 Å². The summed E-state index contributed by atoms with van der Waals surface area (Å²) in [6.45, 7) is 0. The highest BCUT2D eigenvalue weighted by Gasteiger charge is 2.14. The van der Waals surface area contributed by atoms with Crippen LogP contribution in [0, 0.1) is 0 Å². The molecule has 0 saturated carbocycles. The second-order valence-corrected chi connectivity index (χ2v) is 8.24. The molecule has 0 bridgehead atoms. The Bertz CT molecular complexity index is 1240. The van der Waals surface area contributed by atoms with E-state index in [1.165, 1.54) is 22.8 Å². The van der Waals surface area contributed by atoms with Crippen LogP contribution >= 0.6 is 46.8 Å². The lowest BCUT2D eigenvalue weighted by Gasteiger charge is -2.08. The summed E-state index contributed by atoms with van der Waals surface area (Å²) in [4.78, 5) is 16.9. The third-order valence-electron chi connectivity index (χ3n) is 4.17. The minimum atomic E-state index is -0.443. The molecule has 0 aliphatic carbocycles. The number of hydrogen-bond donors (Lipinski definition) is 2. The molecule has 4 rings (SSSR count). The van der Waals surface area contributed by atoms with Crippen molar-refractivity contribution >= 4 is 73.7 Å². The molecule has 0 unspecified atom stereocenters. The first-order chi connectivity index (χ1) is 14.0. The normalized spacial score (nSPS) is 10.7. The fourth-order valence-corrected chi connectivity index (χ4v) is 4.14. The van der Waals surface area contributed by atoms with Crippen molar-refractivity contribution in [3.8, 4) is 11.3 Å². The number of carbonyl (C=O) groups is 1. The number of rotatable bonds is 3. The number of aromatic nitrogens is 1. The number of thiocarbonyl (C=S) groups is 1. The van der Waals surface area contributed by atoms with E-state index in [2.05, 4.69) is 39.9 Å². The van der Waals surface area contributed by atoms with E-state index in [1.807, 2.05) is 23.6 Å². The number of thiazole rings is 1. The molecule has 144 valence electrons. The Hall–Kier alpha value is -2.51. The average Bonchev–Trinajstić information content (AvgIpc) is 3.17. The van der Waals surface area contributed by atoms with E-state index < -0.39 is 5.91 Å². The van der Waals surface area contributed by atoms with Crippen LogP contribution in [0.2, 0.25) is 10.0 Å². The maximum atomic E-state index is 12.4. The van der Waals surface area contributed by atoms with E-state index in [0.29, 0.717) is 15.2 Å². The van der Waals surface area contributed by atoms with Gasteiger partial charge in [0.15, 0.2) is 10.2 Å². The van der Waals surface area contributed by atoms with Crippen molar-refractivity contribution in [3.63, 3.8) is 0 Å². The summed E-state index contributed by atoms with van der Waals surface area (Å²) >= 11 is 18.6. The summed E-state index contributed by atoms with van der Waals surface area (Å²) in [7, 11) is 0. The summed E-state index contributed by atoms with van der Waals surface area (Å²) in [6.07, 6.45) is 0. The van der Waals surface area contributed by atoms with Crippen LogP contribution in [0.4, 0.5) is 5.13 Å². The van der Waals surface area contributed by atoms with E-state index in [1.54, 1.807) is 12.1 Å². The molecule has 1 aromatic heterocycles. The van der Waals surface area contributed by atoms with Crippen molar-refractivity contribution in [1.82, 2.24) is 10.3 Å². The van der Waals surface area contributed by atoms with Gasteiger partial charge in [0, 0.05) is 16.0 Å². The number of amides is 1. The van der Waals surface area contributed by atoms with Gasteiger partial charge < -0.3 is 5.32 Å². The second kappa shape index (κ2) is 8.47. The Balaban J connectivity index is 1.46. The Kier molecular flexibility index (Phi) is 5.78. The number of benzene rings is 3. The Morgan fingerprint density at radius 1 is 1.00 bits per heavy atom. The molecule has 1 heterocycles. The Labute approximate surface area is 186 Å². The van der Waals surface area contributed by atoms with Crippen LogP contribution in [0.5, 0.6) is 0 Å². The van der Waals surface area contributed by atoms with Crippen LogP contribution in [0.25, 0.3) is 22.0 Å². The van der Waals surface area contributed by atoms with E-state index in [4.69, 9.17) is 35.4 Å². The number of fused-ring (bicyclic) bond motifs is 1. The number of halogens is 2. The maximum Gasteiger partial charge on any atom is 0.258 e. The maximum absolute atomic E-state index is 12.4. The van der Waals surface area contributed by atoms with Crippen LogP contribution in [0.1, 0.15) is 10.4 Å². The van der Waals surface area contributed by atoms with E-state index in [-0.39, 0.29) is 10.7 Å².